The quantitative estimate of drug-likeness (QED) is 0.817. The van der Waals surface area contributed by atoms with Crippen molar-refractivity contribution in [3.8, 4) is 0 Å². The van der Waals surface area contributed by atoms with Crippen LogP contribution < -0.4 is 0 Å². The zero-order valence-electron chi connectivity index (χ0n) is 12.3. The molecule has 0 saturated carbocycles. The van der Waals surface area contributed by atoms with Crippen LogP contribution in [0.4, 0.5) is 0 Å². The predicted octanol–water partition coefficient (Wildman–Crippen LogP) is 4.74. The predicted molar refractivity (Wildman–Crippen MR) is 86.0 cm³/mol. The van der Waals surface area contributed by atoms with Crippen molar-refractivity contribution in [2.45, 2.75) is 27.2 Å². The third-order valence-corrected chi connectivity index (χ3v) is 4.13. The first kappa shape index (κ1) is 16.1. The highest BCUT2D eigenvalue weighted by molar-refractivity contribution is 6.35. The van der Waals surface area contributed by atoms with E-state index in [1.54, 1.807) is 24.5 Å². The van der Waals surface area contributed by atoms with Crippen LogP contribution in [0.25, 0.3) is 0 Å². The molecule has 0 saturated heterocycles. The van der Waals surface area contributed by atoms with Crippen LogP contribution in [0, 0.1) is 11.3 Å². The van der Waals surface area contributed by atoms with Crippen LogP contribution in [0.2, 0.25) is 10.0 Å². The monoisotopic (exact) mass is 324 g/mol. The van der Waals surface area contributed by atoms with Gasteiger partial charge in [-0.25, -0.2) is 4.98 Å². The van der Waals surface area contributed by atoms with Crippen molar-refractivity contribution in [2.24, 2.45) is 11.3 Å². The van der Waals surface area contributed by atoms with Gasteiger partial charge in [0.05, 0.1) is 0 Å². The zero-order chi connectivity index (χ0) is 15.6. The van der Waals surface area contributed by atoms with Crippen molar-refractivity contribution in [1.82, 2.24) is 9.55 Å². The van der Waals surface area contributed by atoms with Crippen LogP contribution in [0.15, 0.2) is 36.9 Å². The maximum absolute atomic E-state index is 12.7. The van der Waals surface area contributed by atoms with Gasteiger partial charge in [-0.05, 0) is 29.5 Å². The van der Waals surface area contributed by atoms with Crippen LogP contribution >= 0.6 is 23.2 Å². The van der Waals surface area contributed by atoms with Crippen LogP contribution in [0.3, 0.4) is 0 Å². The number of carbonyl (C=O) groups is 1. The summed E-state index contributed by atoms with van der Waals surface area (Å²) in [7, 11) is 0. The molecule has 1 aromatic heterocycles. The fourth-order valence-corrected chi connectivity index (χ4v) is 2.73. The number of hydrogen-bond acceptors (Lipinski definition) is 2. The molecule has 1 aromatic carbocycles. The molecule has 21 heavy (non-hydrogen) atoms. The van der Waals surface area contributed by atoms with E-state index < -0.39 is 0 Å². The van der Waals surface area contributed by atoms with E-state index in [0.29, 0.717) is 16.5 Å². The number of imidazole rings is 1. The average molecular weight is 325 g/mol. The molecule has 3 nitrogen and oxygen atoms in total. The van der Waals surface area contributed by atoms with Crippen LogP contribution in [-0.2, 0) is 6.42 Å². The molecule has 0 bridgehead atoms. The van der Waals surface area contributed by atoms with Gasteiger partial charge in [-0.2, -0.15) is 0 Å². The smallest absolute Gasteiger partial charge is 0.235 e. The molecule has 1 atom stereocenters. The Morgan fingerprint density at radius 3 is 2.57 bits per heavy atom. The molecule has 1 unspecified atom stereocenters. The van der Waals surface area contributed by atoms with Crippen molar-refractivity contribution in [3.63, 3.8) is 0 Å². The first-order chi connectivity index (χ1) is 9.79. The number of rotatable bonds is 3. The summed E-state index contributed by atoms with van der Waals surface area (Å²) in [5.41, 5.74) is 0.735. The lowest BCUT2D eigenvalue weighted by Gasteiger charge is -2.29. The third-order valence-electron chi connectivity index (χ3n) is 3.54. The minimum absolute atomic E-state index is 0.0195. The summed E-state index contributed by atoms with van der Waals surface area (Å²) < 4.78 is 1.53. The third kappa shape index (κ3) is 3.86. The van der Waals surface area contributed by atoms with E-state index in [1.807, 2.05) is 6.07 Å². The first-order valence-corrected chi connectivity index (χ1v) is 7.50. The molecule has 0 aliphatic carbocycles. The maximum atomic E-state index is 12.7. The number of benzene rings is 1. The molecular weight excluding hydrogens is 307 g/mol. The standard InChI is InChI=1S/C16H18Cl2N2O/c1-16(2,3)13(15(21)20-7-6-19-10-20)8-11-4-5-12(17)9-14(11)18/h4-7,9-10,13H,8H2,1-3H3. The Balaban J connectivity index is 2.31. The molecule has 0 fully saturated rings. The van der Waals surface area contributed by atoms with Crippen LogP contribution in [0.5, 0.6) is 0 Å². The van der Waals surface area contributed by atoms with Crippen LogP contribution in [0.1, 0.15) is 31.1 Å². The van der Waals surface area contributed by atoms with E-state index in [9.17, 15) is 4.79 Å². The summed E-state index contributed by atoms with van der Waals surface area (Å²) in [5.74, 6) is -0.184. The van der Waals surface area contributed by atoms with E-state index in [1.165, 1.54) is 10.9 Å². The molecule has 2 aromatic rings. The molecular formula is C16H18Cl2N2O. The minimum Gasteiger partial charge on any atom is -0.276 e. The fourth-order valence-electron chi connectivity index (χ4n) is 2.24. The maximum Gasteiger partial charge on any atom is 0.235 e. The van der Waals surface area contributed by atoms with Gasteiger partial charge in [-0.15, -0.1) is 0 Å². The number of carbonyl (C=O) groups excluding carboxylic acids is 1. The second-order valence-corrected chi connectivity index (χ2v) is 7.01. The summed E-state index contributed by atoms with van der Waals surface area (Å²) in [4.78, 5) is 16.6. The minimum atomic E-state index is -0.203. The van der Waals surface area contributed by atoms with Gasteiger partial charge in [0.1, 0.15) is 6.33 Å². The van der Waals surface area contributed by atoms with Gasteiger partial charge in [-0.3, -0.25) is 9.36 Å². The van der Waals surface area contributed by atoms with E-state index in [-0.39, 0.29) is 17.2 Å². The van der Waals surface area contributed by atoms with Crippen molar-refractivity contribution in [3.05, 3.63) is 52.5 Å². The second-order valence-electron chi connectivity index (χ2n) is 6.17. The lowest BCUT2D eigenvalue weighted by Crippen LogP contribution is -2.33. The molecule has 0 radical (unpaired) electrons. The Morgan fingerprint density at radius 2 is 2.05 bits per heavy atom. The Kier molecular flexibility index (Phi) is 4.74. The summed E-state index contributed by atoms with van der Waals surface area (Å²) in [6, 6.07) is 5.38. The highest BCUT2D eigenvalue weighted by atomic mass is 35.5. The molecule has 112 valence electrons. The van der Waals surface area contributed by atoms with E-state index in [0.717, 1.165) is 5.56 Å². The Morgan fingerprint density at radius 1 is 1.33 bits per heavy atom. The van der Waals surface area contributed by atoms with Crippen molar-refractivity contribution >= 4 is 29.1 Å². The Labute approximate surface area is 134 Å². The topological polar surface area (TPSA) is 34.9 Å². The lowest BCUT2D eigenvalue weighted by molar-refractivity contribution is 0.0724. The SMILES string of the molecule is CC(C)(C)C(Cc1ccc(Cl)cc1Cl)C(=O)n1ccnc1. The lowest BCUT2D eigenvalue weighted by atomic mass is 9.76. The highest BCUT2D eigenvalue weighted by Crippen LogP contribution is 2.33. The van der Waals surface area contributed by atoms with Gasteiger partial charge in [-0.1, -0.05) is 50.0 Å². The van der Waals surface area contributed by atoms with Gasteiger partial charge >= 0.3 is 0 Å². The van der Waals surface area contributed by atoms with Gasteiger partial charge in [0.2, 0.25) is 5.91 Å². The average Bonchev–Trinajstić information content (AvgIpc) is 2.89. The number of hydrogen-bond donors (Lipinski definition) is 0. The van der Waals surface area contributed by atoms with E-state index in [2.05, 4.69) is 25.8 Å². The first-order valence-electron chi connectivity index (χ1n) is 6.75. The largest absolute Gasteiger partial charge is 0.276 e. The Bertz CT molecular complexity index is 630. The summed E-state index contributed by atoms with van der Waals surface area (Å²) in [6.45, 7) is 6.16. The molecule has 0 amide bonds. The molecule has 5 heteroatoms. The molecule has 2 rings (SSSR count). The highest BCUT2D eigenvalue weighted by Gasteiger charge is 2.32. The summed E-state index contributed by atoms with van der Waals surface area (Å²) in [6.07, 6.45) is 5.37. The zero-order valence-corrected chi connectivity index (χ0v) is 13.8. The number of halogens is 2. The normalized spacial score (nSPS) is 13.2. The van der Waals surface area contributed by atoms with Crippen molar-refractivity contribution < 1.29 is 4.79 Å². The van der Waals surface area contributed by atoms with Crippen molar-refractivity contribution in [2.75, 3.05) is 0 Å². The number of aromatic nitrogens is 2. The summed E-state index contributed by atoms with van der Waals surface area (Å²) >= 11 is 12.2. The molecule has 1 heterocycles. The summed E-state index contributed by atoms with van der Waals surface area (Å²) in [5, 5.41) is 1.19. The second kappa shape index (κ2) is 6.20. The number of nitrogens with zero attached hydrogens (tertiary/aromatic N) is 2. The fraction of sp³-hybridized carbons (Fsp3) is 0.375. The van der Waals surface area contributed by atoms with Gasteiger partial charge in [0.15, 0.2) is 0 Å². The van der Waals surface area contributed by atoms with Gasteiger partial charge in [0.25, 0.3) is 0 Å². The molecule has 0 N–H and O–H groups in total. The van der Waals surface area contributed by atoms with E-state index in [4.69, 9.17) is 23.2 Å². The molecule has 0 spiro atoms. The van der Waals surface area contributed by atoms with Gasteiger partial charge in [0, 0.05) is 28.4 Å². The molecule has 0 aliphatic rings. The molecule has 0 aliphatic heterocycles. The van der Waals surface area contributed by atoms with E-state index >= 15 is 0 Å². The van der Waals surface area contributed by atoms with Gasteiger partial charge < -0.3 is 0 Å². The Hall–Kier alpha value is -1.32. The van der Waals surface area contributed by atoms with Crippen LogP contribution in [-0.4, -0.2) is 15.5 Å². The van der Waals surface area contributed by atoms with Crippen molar-refractivity contribution in [1.29, 1.82) is 0 Å².